The van der Waals surface area contributed by atoms with Crippen molar-refractivity contribution in [3.63, 3.8) is 0 Å². The fourth-order valence-electron chi connectivity index (χ4n) is 2.26. The van der Waals surface area contributed by atoms with Crippen molar-refractivity contribution in [3.8, 4) is 0 Å². The molecule has 1 aromatic rings. The summed E-state index contributed by atoms with van der Waals surface area (Å²) >= 11 is 5.81. The van der Waals surface area contributed by atoms with Crippen molar-refractivity contribution < 1.29 is 13.2 Å². The molecule has 2 rings (SSSR count). The number of benzene rings is 1. The molecule has 3 nitrogen and oxygen atoms in total. The number of halogens is 2. The van der Waals surface area contributed by atoms with Crippen LogP contribution >= 0.6 is 22.3 Å². The topological polar surface area (TPSA) is 43.4 Å². The van der Waals surface area contributed by atoms with Gasteiger partial charge in [0, 0.05) is 28.2 Å². The summed E-state index contributed by atoms with van der Waals surface area (Å²) in [7, 11) is 1.96. The zero-order chi connectivity index (χ0) is 13.2. The highest BCUT2D eigenvalue weighted by Crippen LogP contribution is 2.28. The van der Waals surface area contributed by atoms with Gasteiger partial charge >= 0.3 is 0 Å². The molecular weight excluding hydrogens is 295 g/mol. The number of ether oxygens (including phenoxy) is 1. The molecule has 1 fully saturated rings. The van der Waals surface area contributed by atoms with Crippen LogP contribution in [0.3, 0.4) is 0 Å². The SMILES string of the molecule is O=S(=O)(Cl)C1CCOCC1Cc1ccc(Cl)cc1. The van der Waals surface area contributed by atoms with Crippen molar-refractivity contribution in [1.29, 1.82) is 0 Å². The van der Waals surface area contributed by atoms with E-state index in [4.69, 9.17) is 27.0 Å². The van der Waals surface area contributed by atoms with Crippen LogP contribution in [0.1, 0.15) is 12.0 Å². The molecule has 0 aromatic heterocycles. The van der Waals surface area contributed by atoms with E-state index in [1.54, 1.807) is 12.1 Å². The average molecular weight is 309 g/mol. The van der Waals surface area contributed by atoms with Gasteiger partial charge in [-0.25, -0.2) is 8.42 Å². The molecule has 0 bridgehead atoms. The average Bonchev–Trinajstić information content (AvgIpc) is 2.31. The van der Waals surface area contributed by atoms with Gasteiger partial charge in [-0.15, -0.1) is 0 Å². The Hall–Kier alpha value is -0.290. The van der Waals surface area contributed by atoms with Gasteiger partial charge in [0.15, 0.2) is 0 Å². The molecule has 0 spiro atoms. The van der Waals surface area contributed by atoms with Crippen molar-refractivity contribution >= 4 is 31.3 Å². The molecule has 100 valence electrons. The summed E-state index contributed by atoms with van der Waals surface area (Å²) in [4.78, 5) is 0. The zero-order valence-corrected chi connectivity index (χ0v) is 12.0. The first-order valence-electron chi connectivity index (χ1n) is 5.72. The third kappa shape index (κ3) is 3.60. The summed E-state index contributed by atoms with van der Waals surface area (Å²) in [5, 5.41) is 0.142. The van der Waals surface area contributed by atoms with Gasteiger partial charge in [0.1, 0.15) is 0 Å². The van der Waals surface area contributed by atoms with Gasteiger partial charge in [-0.1, -0.05) is 23.7 Å². The number of hydrogen-bond donors (Lipinski definition) is 0. The van der Waals surface area contributed by atoms with Crippen molar-refractivity contribution in [2.24, 2.45) is 5.92 Å². The lowest BCUT2D eigenvalue weighted by molar-refractivity contribution is 0.0577. The van der Waals surface area contributed by atoms with Gasteiger partial charge in [0.25, 0.3) is 0 Å². The minimum Gasteiger partial charge on any atom is -0.381 e. The smallest absolute Gasteiger partial charge is 0.235 e. The molecule has 1 heterocycles. The lowest BCUT2D eigenvalue weighted by Crippen LogP contribution is -2.37. The molecule has 0 amide bonds. The Bertz CT molecular complexity index is 499. The lowest BCUT2D eigenvalue weighted by Gasteiger charge is -2.29. The molecule has 1 aliphatic rings. The number of hydrogen-bond acceptors (Lipinski definition) is 3. The second kappa shape index (κ2) is 5.78. The van der Waals surface area contributed by atoms with Crippen LogP contribution in [0.25, 0.3) is 0 Å². The minimum absolute atomic E-state index is 0.0950. The van der Waals surface area contributed by atoms with Gasteiger partial charge < -0.3 is 4.74 Å². The predicted molar refractivity (Wildman–Crippen MR) is 72.6 cm³/mol. The second-order valence-electron chi connectivity index (χ2n) is 4.47. The fourth-order valence-corrected chi connectivity index (χ4v) is 4.10. The first-order valence-corrected chi connectivity index (χ1v) is 8.47. The monoisotopic (exact) mass is 308 g/mol. The fraction of sp³-hybridized carbons (Fsp3) is 0.500. The predicted octanol–water partition coefficient (Wildman–Crippen LogP) is 2.86. The third-order valence-corrected chi connectivity index (χ3v) is 5.46. The van der Waals surface area contributed by atoms with E-state index in [2.05, 4.69) is 0 Å². The Morgan fingerprint density at radius 2 is 1.94 bits per heavy atom. The van der Waals surface area contributed by atoms with Crippen LogP contribution in [0.4, 0.5) is 0 Å². The normalized spacial score (nSPS) is 25.0. The van der Waals surface area contributed by atoms with Gasteiger partial charge in [0.05, 0.1) is 11.9 Å². The summed E-state index contributed by atoms with van der Waals surface area (Å²) in [5.41, 5.74) is 1.04. The van der Waals surface area contributed by atoms with E-state index in [1.165, 1.54) is 0 Å². The summed E-state index contributed by atoms with van der Waals surface area (Å²) < 4.78 is 28.4. The van der Waals surface area contributed by atoms with Crippen LogP contribution in [0, 0.1) is 5.92 Å². The highest BCUT2D eigenvalue weighted by molar-refractivity contribution is 8.14. The van der Waals surface area contributed by atoms with E-state index in [1.807, 2.05) is 12.1 Å². The first kappa shape index (κ1) is 14.1. The maximum atomic E-state index is 11.5. The van der Waals surface area contributed by atoms with Crippen LogP contribution in [-0.2, 0) is 20.2 Å². The molecule has 2 atom stereocenters. The standard InChI is InChI=1S/C12H14Cl2O3S/c13-11-3-1-9(2-4-11)7-10-8-17-6-5-12(10)18(14,15)16/h1-4,10,12H,5-8H2. The Kier molecular flexibility index (Phi) is 4.54. The van der Waals surface area contributed by atoms with Gasteiger partial charge in [0.2, 0.25) is 9.05 Å². The maximum absolute atomic E-state index is 11.5. The van der Waals surface area contributed by atoms with Gasteiger partial charge in [-0.2, -0.15) is 0 Å². The summed E-state index contributed by atoms with van der Waals surface area (Å²) in [6.07, 6.45) is 1.10. The van der Waals surface area contributed by atoms with E-state index < -0.39 is 14.3 Å². The van der Waals surface area contributed by atoms with Crippen LogP contribution in [-0.4, -0.2) is 26.9 Å². The molecule has 0 saturated carbocycles. The Morgan fingerprint density at radius 1 is 1.28 bits per heavy atom. The summed E-state index contributed by atoms with van der Waals surface area (Å²) in [5.74, 6) is -0.0950. The van der Waals surface area contributed by atoms with E-state index in [-0.39, 0.29) is 5.92 Å². The quantitative estimate of drug-likeness (QED) is 0.806. The van der Waals surface area contributed by atoms with E-state index >= 15 is 0 Å². The molecule has 1 saturated heterocycles. The molecule has 0 radical (unpaired) electrons. The Morgan fingerprint density at radius 3 is 2.56 bits per heavy atom. The van der Waals surface area contributed by atoms with E-state index in [9.17, 15) is 8.42 Å². The highest BCUT2D eigenvalue weighted by atomic mass is 35.7. The molecular formula is C12H14Cl2O3S. The van der Waals surface area contributed by atoms with Crippen LogP contribution in [0.5, 0.6) is 0 Å². The second-order valence-corrected chi connectivity index (χ2v) is 7.75. The molecule has 0 aliphatic carbocycles. The Balaban J connectivity index is 2.13. The number of rotatable bonds is 3. The van der Waals surface area contributed by atoms with Crippen molar-refractivity contribution in [3.05, 3.63) is 34.9 Å². The maximum Gasteiger partial charge on any atom is 0.235 e. The molecule has 6 heteroatoms. The third-order valence-electron chi connectivity index (χ3n) is 3.18. The van der Waals surface area contributed by atoms with Crippen molar-refractivity contribution in [2.45, 2.75) is 18.1 Å². The molecule has 1 aromatic carbocycles. The highest BCUT2D eigenvalue weighted by Gasteiger charge is 2.34. The van der Waals surface area contributed by atoms with E-state index in [0.29, 0.717) is 31.1 Å². The molecule has 18 heavy (non-hydrogen) atoms. The van der Waals surface area contributed by atoms with Gasteiger partial charge in [-0.3, -0.25) is 0 Å². The largest absolute Gasteiger partial charge is 0.381 e. The molecule has 1 aliphatic heterocycles. The van der Waals surface area contributed by atoms with Crippen LogP contribution in [0.2, 0.25) is 5.02 Å². The summed E-state index contributed by atoms with van der Waals surface area (Å²) in [6, 6.07) is 7.39. The van der Waals surface area contributed by atoms with Crippen LogP contribution < -0.4 is 0 Å². The van der Waals surface area contributed by atoms with Crippen LogP contribution in [0.15, 0.2) is 24.3 Å². The van der Waals surface area contributed by atoms with Gasteiger partial charge in [-0.05, 0) is 30.5 Å². The van der Waals surface area contributed by atoms with Crippen molar-refractivity contribution in [2.75, 3.05) is 13.2 Å². The summed E-state index contributed by atoms with van der Waals surface area (Å²) in [6.45, 7) is 0.882. The Labute approximate surface area is 116 Å². The molecule has 0 N–H and O–H groups in total. The molecule has 2 unspecified atom stereocenters. The van der Waals surface area contributed by atoms with Crippen molar-refractivity contribution in [1.82, 2.24) is 0 Å². The minimum atomic E-state index is -3.54. The van der Waals surface area contributed by atoms with E-state index in [0.717, 1.165) is 5.56 Å². The zero-order valence-electron chi connectivity index (χ0n) is 9.68. The lowest BCUT2D eigenvalue weighted by atomic mass is 9.94. The first-order chi connectivity index (χ1) is 8.47.